The maximum atomic E-state index is 5.81. The van der Waals surface area contributed by atoms with Gasteiger partial charge in [0.15, 0.2) is 0 Å². The first kappa shape index (κ1) is 11.2. The van der Waals surface area contributed by atoms with E-state index in [1.54, 1.807) is 11.3 Å². The van der Waals surface area contributed by atoms with Gasteiger partial charge >= 0.3 is 0 Å². The van der Waals surface area contributed by atoms with Crippen molar-refractivity contribution in [2.45, 2.75) is 6.92 Å². The molecule has 0 fully saturated rings. The maximum Gasteiger partial charge on any atom is 0.0811 e. The van der Waals surface area contributed by atoms with Gasteiger partial charge in [0, 0.05) is 12.2 Å². The van der Waals surface area contributed by atoms with Crippen LogP contribution in [0.25, 0.3) is 20.8 Å². The van der Waals surface area contributed by atoms with Crippen molar-refractivity contribution in [3.8, 4) is 10.6 Å². The molecule has 4 heteroatoms. The summed E-state index contributed by atoms with van der Waals surface area (Å²) in [5.41, 5.74) is 8.57. The molecule has 0 bridgehead atoms. The fourth-order valence-electron chi connectivity index (χ4n) is 1.91. The molecule has 3 nitrogen and oxygen atoms in total. The zero-order chi connectivity index (χ0) is 12.5. The van der Waals surface area contributed by atoms with E-state index < -0.39 is 0 Å². The number of hydrogen-bond donors (Lipinski definition) is 1. The number of nitrogens with zero attached hydrogens (tertiary/aromatic N) is 2. The van der Waals surface area contributed by atoms with Crippen molar-refractivity contribution >= 4 is 27.2 Å². The smallest absolute Gasteiger partial charge is 0.0811 e. The van der Waals surface area contributed by atoms with Crippen molar-refractivity contribution in [2.24, 2.45) is 4.99 Å². The van der Waals surface area contributed by atoms with Crippen LogP contribution in [0.3, 0.4) is 0 Å². The number of anilines is 1. The van der Waals surface area contributed by atoms with Crippen LogP contribution in [-0.2, 0) is 0 Å². The quantitative estimate of drug-likeness (QED) is 0.537. The first-order valence-corrected chi connectivity index (χ1v) is 6.68. The van der Waals surface area contributed by atoms with E-state index in [0.717, 1.165) is 38.4 Å². The van der Waals surface area contributed by atoms with E-state index in [4.69, 9.17) is 5.73 Å². The van der Waals surface area contributed by atoms with Crippen molar-refractivity contribution < 1.29 is 0 Å². The van der Waals surface area contributed by atoms with Crippen LogP contribution in [0.15, 0.2) is 41.4 Å². The highest BCUT2D eigenvalue weighted by molar-refractivity contribution is 7.21. The van der Waals surface area contributed by atoms with Crippen molar-refractivity contribution in [1.29, 1.82) is 0 Å². The highest BCUT2D eigenvalue weighted by Gasteiger charge is 2.06. The summed E-state index contributed by atoms with van der Waals surface area (Å²) in [6.07, 6.45) is 0. The van der Waals surface area contributed by atoms with Gasteiger partial charge in [0.05, 0.1) is 26.1 Å². The SMILES string of the molecule is CCN=c1ccc2nc3ccc(N)cc3sc-2c1. The molecule has 0 amide bonds. The predicted octanol–water partition coefficient (Wildman–Crippen LogP) is 2.90. The Labute approximate surface area is 109 Å². The van der Waals surface area contributed by atoms with Crippen LogP contribution in [0.4, 0.5) is 5.69 Å². The third kappa shape index (κ3) is 1.95. The van der Waals surface area contributed by atoms with E-state index in [1.165, 1.54) is 0 Å². The first-order valence-electron chi connectivity index (χ1n) is 5.87. The zero-order valence-corrected chi connectivity index (χ0v) is 10.9. The Morgan fingerprint density at radius 3 is 2.94 bits per heavy atom. The summed E-state index contributed by atoms with van der Waals surface area (Å²) < 4.78 is 1.11. The molecular weight excluding hydrogens is 242 g/mol. The van der Waals surface area contributed by atoms with E-state index in [0.29, 0.717) is 0 Å². The van der Waals surface area contributed by atoms with E-state index in [-0.39, 0.29) is 0 Å². The van der Waals surface area contributed by atoms with Gasteiger partial charge in [-0.1, -0.05) is 0 Å². The Morgan fingerprint density at radius 1 is 1.22 bits per heavy atom. The van der Waals surface area contributed by atoms with Gasteiger partial charge in [-0.3, -0.25) is 4.99 Å². The minimum Gasteiger partial charge on any atom is -0.399 e. The lowest BCUT2D eigenvalue weighted by Crippen LogP contribution is -2.02. The summed E-state index contributed by atoms with van der Waals surface area (Å²) in [5, 5.41) is 1.01. The number of aromatic nitrogens is 1. The Hall–Kier alpha value is -1.94. The number of fused-ring (bicyclic) bond motifs is 2. The lowest BCUT2D eigenvalue weighted by molar-refractivity contribution is 1.06. The van der Waals surface area contributed by atoms with Crippen LogP contribution in [-0.4, -0.2) is 11.5 Å². The number of hydrogen-bond acceptors (Lipinski definition) is 4. The molecule has 1 aromatic rings. The molecule has 90 valence electrons. The van der Waals surface area contributed by atoms with E-state index in [1.807, 2.05) is 37.3 Å². The summed E-state index contributed by atoms with van der Waals surface area (Å²) in [7, 11) is 0. The molecule has 2 aliphatic rings. The van der Waals surface area contributed by atoms with E-state index in [2.05, 4.69) is 16.0 Å². The first-order chi connectivity index (χ1) is 8.76. The summed E-state index contributed by atoms with van der Waals surface area (Å²) in [6.45, 7) is 2.83. The molecule has 1 heterocycles. The van der Waals surface area contributed by atoms with Gasteiger partial charge < -0.3 is 5.73 Å². The van der Waals surface area contributed by atoms with E-state index >= 15 is 0 Å². The van der Waals surface area contributed by atoms with Crippen LogP contribution in [0, 0.1) is 0 Å². The van der Waals surface area contributed by atoms with Gasteiger partial charge in [-0.2, -0.15) is 0 Å². The van der Waals surface area contributed by atoms with E-state index in [9.17, 15) is 0 Å². The maximum absolute atomic E-state index is 5.81. The van der Waals surface area contributed by atoms with Gasteiger partial charge in [0.25, 0.3) is 0 Å². The Kier molecular flexibility index (Phi) is 2.72. The van der Waals surface area contributed by atoms with Crippen molar-refractivity contribution in [2.75, 3.05) is 12.3 Å². The van der Waals surface area contributed by atoms with Crippen LogP contribution < -0.4 is 11.1 Å². The highest BCUT2D eigenvalue weighted by atomic mass is 32.1. The second-order valence-corrected chi connectivity index (χ2v) is 5.15. The molecule has 0 saturated heterocycles. The summed E-state index contributed by atoms with van der Waals surface area (Å²) in [4.78, 5) is 10.2. The molecule has 1 aliphatic carbocycles. The zero-order valence-electron chi connectivity index (χ0n) is 10.1. The van der Waals surface area contributed by atoms with Gasteiger partial charge in [-0.25, -0.2) is 4.98 Å². The average Bonchev–Trinajstić information content (AvgIpc) is 2.36. The molecule has 0 saturated carbocycles. The van der Waals surface area contributed by atoms with Gasteiger partial charge in [0.2, 0.25) is 0 Å². The molecule has 0 unspecified atom stereocenters. The largest absolute Gasteiger partial charge is 0.399 e. The highest BCUT2D eigenvalue weighted by Crippen LogP contribution is 2.30. The monoisotopic (exact) mass is 255 g/mol. The van der Waals surface area contributed by atoms with Crippen molar-refractivity contribution in [3.05, 3.63) is 41.8 Å². The molecule has 1 aromatic carbocycles. The number of nitrogens with two attached hydrogens (primary N) is 1. The third-order valence-electron chi connectivity index (χ3n) is 2.73. The number of rotatable bonds is 1. The molecule has 2 N–H and O–H groups in total. The summed E-state index contributed by atoms with van der Waals surface area (Å²) in [6, 6.07) is 11.9. The lowest BCUT2D eigenvalue weighted by atomic mass is 10.2. The molecule has 18 heavy (non-hydrogen) atoms. The Bertz CT molecular complexity index is 746. The topological polar surface area (TPSA) is 51.3 Å². The minimum atomic E-state index is 0.773. The summed E-state index contributed by atoms with van der Waals surface area (Å²) in [5.74, 6) is 0. The summed E-state index contributed by atoms with van der Waals surface area (Å²) >= 11 is 1.70. The number of nitrogen functional groups attached to an aromatic ring is 1. The molecular formula is C14H13N3S. The van der Waals surface area contributed by atoms with Crippen LogP contribution in [0.5, 0.6) is 0 Å². The predicted molar refractivity (Wildman–Crippen MR) is 76.8 cm³/mol. The Morgan fingerprint density at radius 2 is 2.11 bits per heavy atom. The van der Waals surface area contributed by atoms with Crippen LogP contribution in [0.1, 0.15) is 6.92 Å². The van der Waals surface area contributed by atoms with Crippen molar-refractivity contribution in [1.82, 2.24) is 4.98 Å². The van der Waals surface area contributed by atoms with Gasteiger partial charge in [-0.05, 0) is 43.3 Å². The van der Waals surface area contributed by atoms with Gasteiger partial charge in [0.1, 0.15) is 0 Å². The lowest BCUT2D eigenvalue weighted by Gasteiger charge is -2.06. The Balaban J connectivity index is 2.33. The molecule has 0 radical (unpaired) electrons. The fraction of sp³-hybridized carbons (Fsp3) is 0.143. The van der Waals surface area contributed by atoms with Crippen LogP contribution >= 0.6 is 11.3 Å². The third-order valence-corrected chi connectivity index (χ3v) is 3.82. The second-order valence-electron chi connectivity index (χ2n) is 4.07. The molecule has 1 aliphatic heterocycles. The molecule has 3 rings (SSSR count). The second kappa shape index (κ2) is 4.38. The normalized spacial score (nSPS) is 12.4. The standard InChI is InChI=1S/C14H13N3S/c1-2-16-10-4-6-12-14(8-10)18-13-7-9(15)3-5-11(13)17-12/h3-8H,2,15H2,1H3. The molecule has 0 spiro atoms. The van der Waals surface area contributed by atoms with Crippen molar-refractivity contribution in [3.63, 3.8) is 0 Å². The molecule has 0 aromatic heterocycles. The number of benzene rings is 2. The fourth-order valence-corrected chi connectivity index (χ4v) is 2.96. The molecule has 0 atom stereocenters. The minimum absolute atomic E-state index is 0.773. The van der Waals surface area contributed by atoms with Gasteiger partial charge in [-0.15, -0.1) is 11.3 Å². The van der Waals surface area contributed by atoms with Crippen LogP contribution in [0.2, 0.25) is 0 Å². The average molecular weight is 255 g/mol.